The quantitative estimate of drug-likeness (QED) is 0.550. The highest BCUT2D eigenvalue weighted by atomic mass is 32.3. The maximum atomic E-state index is 11.6. The van der Waals surface area contributed by atoms with Gasteiger partial charge in [0, 0.05) is 25.9 Å². The maximum absolute atomic E-state index is 11.6. The molecule has 0 aromatic heterocycles. The Morgan fingerprint density at radius 1 is 0.944 bits per heavy atom. The maximum Gasteiger partial charge on any atom is 0.230 e. The summed E-state index contributed by atoms with van der Waals surface area (Å²) >= 11 is 0. The lowest BCUT2D eigenvalue weighted by Crippen LogP contribution is -2.43. The summed E-state index contributed by atoms with van der Waals surface area (Å²) in [5, 5.41) is 16.5. The van der Waals surface area contributed by atoms with Crippen LogP contribution in [0.2, 0.25) is 0 Å². The van der Waals surface area contributed by atoms with Crippen molar-refractivity contribution < 1.29 is 16.8 Å². The summed E-state index contributed by atoms with van der Waals surface area (Å²) in [7, 11) is -8.12. The molecule has 0 aliphatic carbocycles. The normalized spacial score (nSPS) is 12.0. The van der Waals surface area contributed by atoms with Crippen molar-refractivity contribution in [2.75, 3.05) is 13.1 Å². The molecule has 0 radical (unpaired) electrons. The van der Waals surface area contributed by atoms with Gasteiger partial charge in [0.05, 0.1) is 12.1 Å². The summed E-state index contributed by atoms with van der Waals surface area (Å²) in [6.07, 6.45) is -0.0955. The van der Waals surface area contributed by atoms with Crippen LogP contribution in [0.25, 0.3) is 0 Å². The molecule has 0 rings (SSSR count). The van der Waals surface area contributed by atoms with Gasteiger partial charge in [-0.1, -0.05) is 0 Å². The minimum absolute atomic E-state index is 0.0478. The summed E-state index contributed by atoms with van der Waals surface area (Å²) in [5.41, 5.74) is 0. The molecule has 0 fully saturated rings. The molecule has 0 saturated carbocycles. The van der Waals surface area contributed by atoms with Crippen molar-refractivity contribution in [2.24, 2.45) is 0 Å². The molecule has 0 saturated heterocycles. The molecule has 18 heavy (non-hydrogen) atoms. The molecule has 10 heteroatoms. The first kappa shape index (κ1) is 16.8. The SMILES string of the molecule is CC(S(=O)(=O)NCCC#N)S(=O)(=O)NCCC#N. The Kier molecular flexibility index (Phi) is 6.80. The van der Waals surface area contributed by atoms with Crippen LogP contribution in [0.1, 0.15) is 19.8 Å². The second-order valence-corrected chi connectivity index (χ2v) is 7.73. The third kappa shape index (κ3) is 5.42. The minimum atomic E-state index is -4.06. The first-order valence-electron chi connectivity index (χ1n) is 4.99. The van der Waals surface area contributed by atoms with Crippen molar-refractivity contribution in [1.29, 1.82) is 10.5 Å². The van der Waals surface area contributed by atoms with Crippen LogP contribution in [0.15, 0.2) is 0 Å². The van der Waals surface area contributed by atoms with Crippen molar-refractivity contribution in [1.82, 2.24) is 9.44 Å². The highest BCUT2D eigenvalue weighted by Crippen LogP contribution is 2.06. The lowest BCUT2D eigenvalue weighted by Gasteiger charge is -2.14. The van der Waals surface area contributed by atoms with E-state index in [1.165, 1.54) is 0 Å². The Hall–Kier alpha value is -1.20. The Morgan fingerprint density at radius 2 is 1.28 bits per heavy atom. The summed E-state index contributed by atoms with van der Waals surface area (Å²) in [6.45, 7) is 0.733. The molecular formula is C8H14N4O4S2. The number of hydrogen-bond acceptors (Lipinski definition) is 6. The predicted octanol–water partition coefficient (Wildman–Crippen LogP) is -1.00. The predicted molar refractivity (Wildman–Crippen MR) is 63.8 cm³/mol. The van der Waals surface area contributed by atoms with Gasteiger partial charge < -0.3 is 0 Å². The van der Waals surface area contributed by atoms with Gasteiger partial charge in [0.1, 0.15) is 0 Å². The van der Waals surface area contributed by atoms with E-state index in [-0.39, 0.29) is 25.9 Å². The van der Waals surface area contributed by atoms with E-state index in [1.807, 2.05) is 9.44 Å². The van der Waals surface area contributed by atoms with Crippen LogP contribution in [0.4, 0.5) is 0 Å². The number of rotatable bonds is 8. The summed E-state index contributed by atoms with van der Waals surface area (Å²) < 4.78 is 48.7. The Balaban J connectivity index is 4.67. The fourth-order valence-corrected chi connectivity index (χ4v) is 3.88. The molecule has 0 heterocycles. The fraction of sp³-hybridized carbons (Fsp3) is 0.750. The van der Waals surface area contributed by atoms with Crippen LogP contribution in [0, 0.1) is 22.7 Å². The van der Waals surface area contributed by atoms with Gasteiger partial charge in [-0.05, 0) is 6.92 Å². The monoisotopic (exact) mass is 294 g/mol. The van der Waals surface area contributed by atoms with Gasteiger partial charge in [-0.3, -0.25) is 0 Å². The standard InChI is InChI=1S/C8H14N4O4S2/c1-8(17(13,14)11-6-2-4-9)18(15,16)12-7-3-5-10/h8,11-12H,2-3,6-7H2,1H3. The molecule has 0 aliphatic heterocycles. The van der Waals surface area contributed by atoms with Gasteiger partial charge in [0.25, 0.3) is 0 Å². The first-order valence-corrected chi connectivity index (χ1v) is 8.08. The van der Waals surface area contributed by atoms with Crippen molar-refractivity contribution in [3.05, 3.63) is 0 Å². The molecule has 0 aromatic carbocycles. The first-order chi connectivity index (χ1) is 8.28. The molecule has 2 N–H and O–H groups in total. The van der Waals surface area contributed by atoms with Gasteiger partial charge in [-0.15, -0.1) is 0 Å². The zero-order valence-electron chi connectivity index (χ0n) is 9.75. The molecule has 0 spiro atoms. The second-order valence-electron chi connectivity index (χ2n) is 3.26. The van der Waals surface area contributed by atoms with E-state index in [1.54, 1.807) is 12.1 Å². The summed E-state index contributed by atoms with van der Waals surface area (Å²) in [6, 6.07) is 3.46. The van der Waals surface area contributed by atoms with Gasteiger partial charge in [-0.2, -0.15) is 10.5 Å². The smallest absolute Gasteiger partial charge is 0.213 e. The van der Waals surface area contributed by atoms with E-state index >= 15 is 0 Å². The number of nitrogens with zero attached hydrogens (tertiary/aromatic N) is 2. The summed E-state index contributed by atoms with van der Waals surface area (Å²) in [4.78, 5) is 0. The lowest BCUT2D eigenvalue weighted by atomic mass is 10.5. The summed E-state index contributed by atoms with van der Waals surface area (Å²) in [5.74, 6) is 0. The average Bonchev–Trinajstić information content (AvgIpc) is 2.28. The van der Waals surface area contributed by atoms with Crippen molar-refractivity contribution >= 4 is 20.0 Å². The Labute approximate surface area is 107 Å². The molecular weight excluding hydrogens is 280 g/mol. The van der Waals surface area contributed by atoms with Gasteiger partial charge in [-0.25, -0.2) is 26.3 Å². The molecule has 0 aliphatic rings. The molecule has 0 atom stereocenters. The second kappa shape index (κ2) is 7.28. The largest absolute Gasteiger partial charge is 0.230 e. The van der Waals surface area contributed by atoms with E-state index in [2.05, 4.69) is 0 Å². The van der Waals surface area contributed by atoms with Gasteiger partial charge >= 0.3 is 0 Å². The third-order valence-electron chi connectivity index (χ3n) is 1.95. The molecule has 0 unspecified atom stereocenters. The fourth-order valence-electron chi connectivity index (χ4n) is 0.900. The highest BCUT2D eigenvalue weighted by Gasteiger charge is 2.32. The number of nitrogens with one attached hydrogen (secondary N) is 2. The Morgan fingerprint density at radius 3 is 1.56 bits per heavy atom. The van der Waals surface area contributed by atoms with E-state index in [9.17, 15) is 16.8 Å². The van der Waals surface area contributed by atoms with Crippen LogP contribution >= 0.6 is 0 Å². The molecule has 8 nitrogen and oxygen atoms in total. The number of hydrogen-bond donors (Lipinski definition) is 2. The van der Waals surface area contributed by atoms with E-state index in [0.29, 0.717) is 0 Å². The Bertz CT molecular complexity index is 491. The van der Waals surface area contributed by atoms with Crippen LogP contribution in [-0.2, 0) is 20.0 Å². The van der Waals surface area contributed by atoms with Crippen LogP contribution in [-0.4, -0.2) is 34.5 Å². The van der Waals surface area contributed by atoms with Crippen molar-refractivity contribution in [2.45, 2.75) is 24.3 Å². The van der Waals surface area contributed by atoms with Crippen molar-refractivity contribution in [3.63, 3.8) is 0 Å². The van der Waals surface area contributed by atoms with E-state index in [4.69, 9.17) is 10.5 Å². The topological polar surface area (TPSA) is 140 Å². The molecule has 0 amide bonds. The molecule has 0 aromatic rings. The van der Waals surface area contributed by atoms with Gasteiger partial charge in [0.2, 0.25) is 20.0 Å². The molecule has 0 bridgehead atoms. The number of nitriles is 2. The zero-order chi connectivity index (χ0) is 14.2. The van der Waals surface area contributed by atoms with Crippen LogP contribution < -0.4 is 9.44 Å². The van der Waals surface area contributed by atoms with Gasteiger partial charge in [0.15, 0.2) is 4.58 Å². The van der Waals surface area contributed by atoms with Crippen LogP contribution in [0.3, 0.4) is 0 Å². The van der Waals surface area contributed by atoms with E-state index in [0.717, 1.165) is 6.92 Å². The average molecular weight is 294 g/mol. The van der Waals surface area contributed by atoms with E-state index < -0.39 is 24.6 Å². The molecule has 102 valence electrons. The minimum Gasteiger partial charge on any atom is -0.213 e. The lowest BCUT2D eigenvalue weighted by molar-refractivity contribution is 0.562. The van der Waals surface area contributed by atoms with Crippen LogP contribution in [0.5, 0.6) is 0 Å². The zero-order valence-corrected chi connectivity index (χ0v) is 11.4. The third-order valence-corrected chi connectivity index (χ3v) is 6.44. The number of sulfonamides is 2. The van der Waals surface area contributed by atoms with Crippen molar-refractivity contribution in [3.8, 4) is 12.1 Å². The highest BCUT2D eigenvalue weighted by molar-refractivity contribution is 8.07.